The first kappa shape index (κ1) is 14.2. The van der Waals surface area contributed by atoms with Gasteiger partial charge in [-0.3, -0.25) is 4.90 Å². The molecule has 0 spiro atoms. The molecule has 0 bridgehead atoms. The van der Waals surface area contributed by atoms with Gasteiger partial charge in [0.1, 0.15) is 5.60 Å². The van der Waals surface area contributed by atoms with E-state index in [1.165, 1.54) is 6.92 Å². The number of amides is 1. The predicted octanol–water partition coefficient (Wildman–Crippen LogP) is 2.01. The molecule has 1 rings (SSSR count). The topological polar surface area (TPSA) is 49.8 Å². The molecule has 1 atom stereocenters. The minimum absolute atomic E-state index is 0.512. The number of nitrogens with zero attached hydrogens (tertiary/aromatic N) is 1. The van der Waals surface area contributed by atoms with Crippen LogP contribution in [-0.2, 0) is 4.74 Å². The maximum atomic E-state index is 13.3. The zero-order valence-electron chi connectivity index (χ0n) is 10.6. The van der Waals surface area contributed by atoms with Crippen LogP contribution in [0.5, 0.6) is 0 Å². The van der Waals surface area contributed by atoms with Gasteiger partial charge in [-0.25, -0.2) is 13.6 Å². The summed E-state index contributed by atoms with van der Waals surface area (Å²) in [6, 6.07) is 0. The standard InChI is InChI=1S/C11H19F2NO3/c1-9(2,3)17-8(16)14-6-11(12,13)5-10(14,4)7-15/h15H,5-7H2,1-4H3/t10-/m0/s1. The van der Waals surface area contributed by atoms with Crippen molar-refractivity contribution >= 4 is 6.09 Å². The second-order valence-corrected chi connectivity index (χ2v) is 5.75. The summed E-state index contributed by atoms with van der Waals surface area (Å²) in [5.41, 5.74) is -2.00. The third-order valence-electron chi connectivity index (χ3n) is 2.64. The van der Waals surface area contributed by atoms with Crippen molar-refractivity contribution < 1.29 is 23.4 Å². The number of alkyl halides is 2. The van der Waals surface area contributed by atoms with E-state index in [9.17, 15) is 18.7 Å². The number of carbonyl (C=O) groups excluding carboxylic acids is 1. The van der Waals surface area contributed by atoms with Crippen molar-refractivity contribution in [2.24, 2.45) is 0 Å². The van der Waals surface area contributed by atoms with Gasteiger partial charge in [0.2, 0.25) is 0 Å². The monoisotopic (exact) mass is 251 g/mol. The molecule has 0 aromatic rings. The van der Waals surface area contributed by atoms with Crippen LogP contribution >= 0.6 is 0 Å². The first-order chi connectivity index (χ1) is 7.49. The quantitative estimate of drug-likeness (QED) is 0.775. The molecule has 0 unspecified atom stereocenters. The van der Waals surface area contributed by atoms with E-state index in [0.717, 1.165) is 4.90 Å². The number of ether oxygens (including phenoxy) is 1. The van der Waals surface area contributed by atoms with Gasteiger partial charge in [-0.15, -0.1) is 0 Å². The molecule has 1 saturated heterocycles. The second kappa shape index (κ2) is 4.08. The largest absolute Gasteiger partial charge is 0.444 e. The highest BCUT2D eigenvalue weighted by Gasteiger charge is 2.54. The van der Waals surface area contributed by atoms with Gasteiger partial charge in [0.05, 0.1) is 18.7 Å². The lowest BCUT2D eigenvalue weighted by Gasteiger charge is -2.34. The molecule has 1 aliphatic rings. The van der Waals surface area contributed by atoms with Gasteiger partial charge in [-0.05, 0) is 27.7 Å². The van der Waals surface area contributed by atoms with Gasteiger partial charge in [0.15, 0.2) is 0 Å². The fourth-order valence-electron chi connectivity index (χ4n) is 1.87. The Morgan fingerprint density at radius 1 is 1.47 bits per heavy atom. The lowest BCUT2D eigenvalue weighted by atomic mass is 9.99. The number of halogens is 2. The van der Waals surface area contributed by atoms with Crippen LogP contribution in [0.15, 0.2) is 0 Å². The van der Waals surface area contributed by atoms with Crippen molar-refractivity contribution in [3.8, 4) is 0 Å². The van der Waals surface area contributed by atoms with Crippen molar-refractivity contribution in [2.45, 2.75) is 51.2 Å². The third-order valence-corrected chi connectivity index (χ3v) is 2.64. The Labute approximate surface area is 99.5 Å². The number of carbonyl (C=O) groups is 1. The molecule has 1 aliphatic heterocycles. The highest BCUT2D eigenvalue weighted by molar-refractivity contribution is 5.70. The van der Waals surface area contributed by atoms with E-state index < -0.39 is 42.7 Å². The van der Waals surface area contributed by atoms with Crippen LogP contribution in [0, 0.1) is 0 Å². The van der Waals surface area contributed by atoms with E-state index in [0.29, 0.717) is 0 Å². The predicted molar refractivity (Wildman–Crippen MR) is 58.0 cm³/mol. The highest BCUT2D eigenvalue weighted by atomic mass is 19.3. The molecule has 1 N–H and O–H groups in total. The Morgan fingerprint density at radius 2 is 2.00 bits per heavy atom. The normalized spacial score (nSPS) is 28.3. The van der Waals surface area contributed by atoms with Crippen LogP contribution in [0.4, 0.5) is 13.6 Å². The molecular formula is C11H19F2NO3. The van der Waals surface area contributed by atoms with E-state index in [1.54, 1.807) is 20.8 Å². The Hall–Kier alpha value is -0.910. The zero-order valence-corrected chi connectivity index (χ0v) is 10.6. The number of aliphatic hydroxyl groups is 1. The molecule has 0 aromatic heterocycles. The summed E-state index contributed by atoms with van der Waals surface area (Å²) in [5.74, 6) is -2.98. The average molecular weight is 251 g/mol. The van der Waals surface area contributed by atoms with Gasteiger partial charge < -0.3 is 9.84 Å². The van der Waals surface area contributed by atoms with E-state index in [2.05, 4.69) is 0 Å². The lowest BCUT2D eigenvalue weighted by molar-refractivity contribution is -0.00645. The van der Waals surface area contributed by atoms with Crippen molar-refractivity contribution in [1.29, 1.82) is 0 Å². The fourth-order valence-corrected chi connectivity index (χ4v) is 1.87. The van der Waals surface area contributed by atoms with Gasteiger partial charge in [-0.2, -0.15) is 0 Å². The summed E-state index contributed by atoms with van der Waals surface area (Å²) in [4.78, 5) is 12.7. The second-order valence-electron chi connectivity index (χ2n) is 5.75. The van der Waals surface area contributed by atoms with E-state index in [4.69, 9.17) is 4.74 Å². The van der Waals surface area contributed by atoms with E-state index >= 15 is 0 Å². The summed E-state index contributed by atoms with van der Waals surface area (Å²) in [7, 11) is 0. The first-order valence-electron chi connectivity index (χ1n) is 5.48. The minimum atomic E-state index is -2.98. The molecule has 0 aromatic carbocycles. The first-order valence-corrected chi connectivity index (χ1v) is 5.48. The van der Waals surface area contributed by atoms with Crippen LogP contribution in [0.2, 0.25) is 0 Å². The van der Waals surface area contributed by atoms with Crippen LogP contribution in [0.3, 0.4) is 0 Å². The third kappa shape index (κ3) is 3.28. The van der Waals surface area contributed by atoms with E-state index in [-0.39, 0.29) is 0 Å². The number of likely N-dealkylation sites (tertiary alicyclic amines) is 1. The summed E-state index contributed by atoms with van der Waals surface area (Å²) in [5, 5.41) is 9.19. The minimum Gasteiger partial charge on any atom is -0.444 e. The maximum absolute atomic E-state index is 13.3. The summed E-state index contributed by atoms with van der Waals surface area (Å²) in [6.45, 7) is 5.19. The molecule has 100 valence electrons. The van der Waals surface area contributed by atoms with Gasteiger partial charge in [0.25, 0.3) is 5.92 Å². The summed E-state index contributed by atoms with van der Waals surface area (Å²) in [6.07, 6.45) is -1.36. The smallest absolute Gasteiger partial charge is 0.411 e. The molecule has 17 heavy (non-hydrogen) atoms. The van der Waals surface area contributed by atoms with Crippen molar-refractivity contribution in [2.75, 3.05) is 13.2 Å². The Bertz CT molecular complexity index is 314. The van der Waals surface area contributed by atoms with Crippen LogP contribution < -0.4 is 0 Å². The number of hydrogen-bond donors (Lipinski definition) is 1. The van der Waals surface area contributed by atoms with Crippen molar-refractivity contribution in [3.05, 3.63) is 0 Å². The summed E-state index contributed by atoms with van der Waals surface area (Å²) >= 11 is 0. The van der Waals surface area contributed by atoms with Crippen LogP contribution in [0.25, 0.3) is 0 Å². The highest BCUT2D eigenvalue weighted by Crippen LogP contribution is 2.39. The molecule has 0 radical (unpaired) electrons. The fraction of sp³-hybridized carbons (Fsp3) is 0.909. The Balaban J connectivity index is 2.85. The molecule has 1 fully saturated rings. The molecule has 1 heterocycles. The Morgan fingerprint density at radius 3 is 2.41 bits per heavy atom. The van der Waals surface area contributed by atoms with Crippen LogP contribution in [-0.4, -0.2) is 46.3 Å². The Kier molecular flexibility index (Phi) is 3.40. The SMILES string of the molecule is CC(C)(C)OC(=O)N1CC(F)(F)C[C@@]1(C)CO. The lowest BCUT2D eigenvalue weighted by Crippen LogP contribution is -2.49. The zero-order chi connectivity index (χ0) is 13.5. The van der Waals surface area contributed by atoms with Crippen molar-refractivity contribution in [3.63, 3.8) is 0 Å². The maximum Gasteiger partial charge on any atom is 0.411 e. The summed E-state index contributed by atoms with van der Waals surface area (Å²) < 4.78 is 31.7. The van der Waals surface area contributed by atoms with Gasteiger partial charge >= 0.3 is 6.09 Å². The molecule has 1 amide bonds. The molecule has 0 saturated carbocycles. The molecular weight excluding hydrogens is 232 g/mol. The number of aliphatic hydroxyl groups excluding tert-OH is 1. The van der Waals surface area contributed by atoms with Gasteiger partial charge in [0, 0.05) is 6.42 Å². The molecule has 0 aliphatic carbocycles. The average Bonchev–Trinajstić information content (AvgIpc) is 2.34. The number of hydrogen-bond acceptors (Lipinski definition) is 3. The van der Waals surface area contributed by atoms with Crippen LogP contribution in [0.1, 0.15) is 34.1 Å². The van der Waals surface area contributed by atoms with E-state index in [1.807, 2.05) is 0 Å². The molecule has 6 heteroatoms. The molecule has 4 nitrogen and oxygen atoms in total. The van der Waals surface area contributed by atoms with Crippen molar-refractivity contribution in [1.82, 2.24) is 4.90 Å². The number of rotatable bonds is 1. The van der Waals surface area contributed by atoms with Gasteiger partial charge in [-0.1, -0.05) is 0 Å².